The van der Waals surface area contributed by atoms with E-state index in [2.05, 4.69) is 20.1 Å². The minimum Gasteiger partial charge on any atom is -0.345 e. The van der Waals surface area contributed by atoms with Gasteiger partial charge in [-0.05, 0) is 12.1 Å². The van der Waals surface area contributed by atoms with E-state index in [9.17, 15) is 0 Å². The summed E-state index contributed by atoms with van der Waals surface area (Å²) >= 11 is 0. The zero-order valence-electron chi connectivity index (χ0n) is 8.06. The lowest BCUT2D eigenvalue weighted by Gasteiger charge is -1.89. The number of pyridine rings is 1. The number of nitrogens with zero attached hydrogens (tertiary/aromatic N) is 3. The van der Waals surface area contributed by atoms with Crippen molar-refractivity contribution < 1.29 is 4.52 Å². The topological polar surface area (TPSA) is 67.6 Å². The van der Waals surface area contributed by atoms with Crippen LogP contribution in [0.5, 0.6) is 0 Å². The van der Waals surface area contributed by atoms with Crippen molar-refractivity contribution in [3.63, 3.8) is 0 Å². The van der Waals surface area contributed by atoms with E-state index in [1.165, 1.54) is 0 Å². The second-order valence-corrected chi connectivity index (χ2v) is 3.24. The van der Waals surface area contributed by atoms with E-state index in [4.69, 9.17) is 4.52 Å². The average molecular weight is 200 g/mol. The fourth-order valence-corrected chi connectivity index (χ4v) is 1.55. The van der Waals surface area contributed by atoms with E-state index in [-0.39, 0.29) is 0 Å². The molecule has 0 aromatic carbocycles. The number of hydrogen-bond acceptors (Lipinski definition) is 4. The molecule has 5 heteroatoms. The standard InChI is InChI=1S/C10H8N4O/c1-6-13-10(14-15-6)8-5-12-9-7(8)3-2-4-11-9/h2-5H,1H3,(H,11,12). The van der Waals surface area contributed by atoms with Crippen LogP contribution in [0.1, 0.15) is 5.89 Å². The van der Waals surface area contributed by atoms with Crippen molar-refractivity contribution in [2.75, 3.05) is 0 Å². The van der Waals surface area contributed by atoms with Gasteiger partial charge in [-0.15, -0.1) is 0 Å². The number of fused-ring (bicyclic) bond motifs is 1. The van der Waals surface area contributed by atoms with E-state index < -0.39 is 0 Å². The molecular formula is C10H8N4O. The number of rotatable bonds is 1. The summed E-state index contributed by atoms with van der Waals surface area (Å²) in [5.41, 5.74) is 1.74. The molecule has 3 rings (SSSR count). The fourth-order valence-electron chi connectivity index (χ4n) is 1.55. The summed E-state index contributed by atoms with van der Waals surface area (Å²) in [6, 6.07) is 3.85. The second-order valence-electron chi connectivity index (χ2n) is 3.24. The lowest BCUT2D eigenvalue weighted by atomic mass is 10.2. The molecule has 3 aromatic rings. The molecule has 0 unspecified atom stereocenters. The minimum absolute atomic E-state index is 0.559. The summed E-state index contributed by atoms with van der Waals surface area (Å²) in [5.74, 6) is 1.15. The minimum atomic E-state index is 0.559. The normalized spacial score (nSPS) is 11.0. The number of aryl methyl sites for hydroxylation is 1. The number of nitrogens with one attached hydrogen (secondary N) is 1. The summed E-state index contributed by atoms with van der Waals surface area (Å²) in [6.45, 7) is 1.77. The molecule has 1 N–H and O–H groups in total. The van der Waals surface area contributed by atoms with Crippen molar-refractivity contribution >= 4 is 11.0 Å². The Morgan fingerprint density at radius 3 is 3.13 bits per heavy atom. The second kappa shape index (κ2) is 2.91. The Labute approximate surface area is 85.1 Å². The predicted molar refractivity (Wildman–Crippen MR) is 54.1 cm³/mol. The van der Waals surface area contributed by atoms with Gasteiger partial charge in [-0.1, -0.05) is 5.16 Å². The van der Waals surface area contributed by atoms with Crippen LogP contribution < -0.4 is 0 Å². The van der Waals surface area contributed by atoms with Crippen molar-refractivity contribution in [3.8, 4) is 11.4 Å². The van der Waals surface area contributed by atoms with Crippen LogP contribution in [0.3, 0.4) is 0 Å². The number of aromatic nitrogens is 4. The first-order valence-electron chi connectivity index (χ1n) is 4.57. The maximum atomic E-state index is 4.94. The van der Waals surface area contributed by atoms with E-state index in [0.29, 0.717) is 11.7 Å². The van der Waals surface area contributed by atoms with Gasteiger partial charge in [-0.25, -0.2) is 4.98 Å². The Balaban J connectivity index is 2.27. The molecule has 0 aliphatic heterocycles. The summed E-state index contributed by atoms with van der Waals surface area (Å²) in [7, 11) is 0. The smallest absolute Gasteiger partial charge is 0.223 e. The highest BCUT2D eigenvalue weighted by Gasteiger charge is 2.11. The predicted octanol–water partition coefficient (Wildman–Crippen LogP) is 1.92. The third kappa shape index (κ3) is 1.20. The highest BCUT2D eigenvalue weighted by atomic mass is 16.5. The number of aromatic amines is 1. The van der Waals surface area contributed by atoms with Crippen LogP contribution in [0.2, 0.25) is 0 Å². The molecule has 0 aliphatic carbocycles. The Hall–Kier alpha value is -2.17. The van der Waals surface area contributed by atoms with Crippen molar-refractivity contribution in [2.24, 2.45) is 0 Å². The molecule has 0 bridgehead atoms. The largest absolute Gasteiger partial charge is 0.345 e. The van der Waals surface area contributed by atoms with Crippen LogP contribution in [-0.2, 0) is 0 Å². The molecule has 0 saturated carbocycles. The van der Waals surface area contributed by atoms with Gasteiger partial charge in [0.25, 0.3) is 0 Å². The van der Waals surface area contributed by atoms with Gasteiger partial charge in [0, 0.05) is 30.3 Å². The van der Waals surface area contributed by atoms with Crippen LogP contribution in [0.15, 0.2) is 29.0 Å². The van der Waals surface area contributed by atoms with E-state index in [0.717, 1.165) is 16.6 Å². The Bertz CT molecular complexity index is 610. The van der Waals surface area contributed by atoms with Gasteiger partial charge in [0.1, 0.15) is 5.65 Å². The van der Waals surface area contributed by atoms with Crippen molar-refractivity contribution in [1.29, 1.82) is 0 Å². The molecular weight excluding hydrogens is 192 g/mol. The molecule has 15 heavy (non-hydrogen) atoms. The van der Waals surface area contributed by atoms with Gasteiger partial charge < -0.3 is 9.51 Å². The molecule has 0 fully saturated rings. The van der Waals surface area contributed by atoms with Crippen molar-refractivity contribution in [2.45, 2.75) is 6.92 Å². The van der Waals surface area contributed by atoms with Crippen LogP contribution in [0.25, 0.3) is 22.4 Å². The number of hydrogen-bond donors (Lipinski definition) is 1. The molecule has 0 aliphatic rings. The highest BCUT2D eigenvalue weighted by molar-refractivity contribution is 5.91. The quantitative estimate of drug-likeness (QED) is 0.651. The van der Waals surface area contributed by atoms with Crippen molar-refractivity contribution in [1.82, 2.24) is 20.1 Å². The zero-order chi connectivity index (χ0) is 10.3. The van der Waals surface area contributed by atoms with Gasteiger partial charge in [0.05, 0.1) is 0 Å². The van der Waals surface area contributed by atoms with E-state index >= 15 is 0 Å². The molecule has 0 atom stereocenters. The lowest BCUT2D eigenvalue weighted by Crippen LogP contribution is -1.78. The van der Waals surface area contributed by atoms with Crippen molar-refractivity contribution in [3.05, 3.63) is 30.4 Å². The lowest BCUT2D eigenvalue weighted by molar-refractivity contribution is 0.394. The van der Waals surface area contributed by atoms with Gasteiger partial charge in [-0.2, -0.15) is 4.98 Å². The maximum Gasteiger partial charge on any atom is 0.223 e. The first-order chi connectivity index (χ1) is 7.34. The monoisotopic (exact) mass is 200 g/mol. The SMILES string of the molecule is Cc1nc(-c2c[nH]c3ncccc23)no1. The van der Waals surface area contributed by atoms with Crippen LogP contribution in [0, 0.1) is 6.92 Å². The highest BCUT2D eigenvalue weighted by Crippen LogP contribution is 2.24. The average Bonchev–Trinajstić information content (AvgIpc) is 2.83. The molecule has 0 spiro atoms. The maximum absolute atomic E-state index is 4.94. The summed E-state index contributed by atoms with van der Waals surface area (Å²) < 4.78 is 4.94. The van der Waals surface area contributed by atoms with Crippen LogP contribution >= 0.6 is 0 Å². The first-order valence-corrected chi connectivity index (χ1v) is 4.57. The number of H-pyrrole nitrogens is 1. The third-order valence-corrected chi connectivity index (χ3v) is 2.22. The van der Waals surface area contributed by atoms with E-state index in [1.807, 2.05) is 18.3 Å². The summed E-state index contributed by atoms with van der Waals surface area (Å²) in [6.07, 6.45) is 3.58. The zero-order valence-corrected chi connectivity index (χ0v) is 8.06. The molecule has 0 radical (unpaired) electrons. The molecule has 0 saturated heterocycles. The Morgan fingerprint density at radius 1 is 1.40 bits per heavy atom. The third-order valence-electron chi connectivity index (χ3n) is 2.22. The van der Waals surface area contributed by atoms with Gasteiger partial charge in [0.15, 0.2) is 0 Å². The van der Waals surface area contributed by atoms with Gasteiger partial charge in [-0.3, -0.25) is 0 Å². The molecule has 3 aromatic heterocycles. The van der Waals surface area contributed by atoms with Gasteiger partial charge in [0.2, 0.25) is 11.7 Å². The Kier molecular flexibility index (Phi) is 1.58. The van der Waals surface area contributed by atoms with E-state index in [1.54, 1.807) is 13.1 Å². The molecule has 3 heterocycles. The first kappa shape index (κ1) is 8.16. The molecule has 74 valence electrons. The van der Waals surface area contributed by atoms with Gasteiger partial charge >= 0.3 is 0 Å². The molecule has 5 nitrogen and oxygen atoms in total. The fraction of sp³-hybridized carbons (Fsp3) is 0.100. The van der Waals surface area contributed by atoms with Crippen LogP contribution in [-0.4, -0.2) is 20.1 Å². The summed E-state index contributed by atoms with van der Waals surface area (Å²) in [5, 5.41) is 4.87. The summed E-state index contributed by atoms with van der Waals surface area (Å²) in [4.78, 5) is 11.4. The van der Waals surface area contributed by atoms with Crippen LogP contribution in [0.4, 0.5) is 0 Å². The Morgan fingerprint density at radius 2 is 2.33 bits per heavy atom. The molecule has 0 amide bonds.